The van der Waals surface area contributed by atoms with E-state index in [1.807, 2.05) is 6.92 Å². The Kier molecular flexibility index (Phi) is 6.12. The van der Waals surface area contributed by atoms with Crippen LogP contribution in [0.1, 0.15) is 39.5 Å². The van der Waals surface area contributed by atoms with E-state index in [0.717, 1.165) is 12.8 Å². The highest BCUT2D eigenvalue weighted by Gasteiger charge is 2.31. The van der Waals surface area contributed by atoms with Crippen molar-refractivity contribution in [2.24, 2.45) is 11.7 Å². The molecular weight excluding hydrogens is 230 g/mol. The first-order valence-corrected chi connectivity index (χ1v) is 6.87. The van der Waals surface area contributed by atoms with Gasteiger partial charge in [0.15, 0.2) is 0 Å². The first-order chi connectivity index (χ1) is 8.60. The third-order valence-corrected chi connectivity index (χ3v) is 3.55. The lowest BCUT2D eigenvalue weighted by atomic mass is 10.0. The fraction of sp³-hybridized carbons (Fsp3) is 0.846. The van der Waals surface area contributed by atoms with Gasteiger partial charge in [0.05, 0.1) is 0 Å². The maximum atomic E-state index is 12.1. The van der Waals surface area contributed by atoms with Crippen LogP contribution in [0.3, 0.4) is 0 Å². The molecule has 0 aromatic carbocycles. The molecule has 0 saturated carbocycles. The highest BCUT2D eigenvalue weighted by Crippen LogP contribution is 2.14. The number of carbonyl (C=O) groups excluding carboxylic acids is 2. The fourth-order valence-corrected chi connectivity index (χ4v) is 2.36. The van der Waals surface area contributed by atoms with Gasteiger partial charge in [-0.05, 0) is 31.7 Å². The van der Waals surface area contributed by atoms with Gasteiger partial charge in [-0.3, -0.25) is 9.59 Å². The predicted molar refractivity (Wildman–Crippen MR) is 70.9 cm³/mol. The summed E-state index contributed by atoms with van der Waals surface area (Å²) in [6.45, 7) is 5.92. The molecule has 5 nitrogen and oxygen atoms in total. The van der Waals surface area contributed by atoms with E-state index in [9.17, 15) is 9.59 Å². The minimum absolute atomic E-state index is 0.0212. The molecule has 1 fully saturated rings. The van der Waals surface area contributed by atoms with Gasteiger partial charge in [-0.25, -0.2) is 0 Å². The van der Waals surface area contributed by atoms with Crippen molar-refractivity contribution in [3.63, 3.8) is 0 Å². The second-order valence-electron chi connectivity index (χ2n) is 5.02. The summed E-state index contributed by atoms with van der Waals surface area (Å²) in [7, 11) is 0. The number of carbonyl (C=O) groups is 2. The van der Waals surface area contributed by atoms with Crippen LogP contribution in [0.5, 0.6) is 0 Å². The Balaban J connectivity index is 2.46. The van der Waals surface area contributed by atoms with E-state index in [1.54, 1.807) is 4.90 Å². The molecule has 0 aromatic rings. The van der Waals surface area contributed by atoms with Crippen LogP contribution in [0.25, 0.3) is 0 Å². The van der Waals surface area contributed by atoms with Crippen molar-refractivity contribution in [2.45, 2.75) is 45.6 Å². The predicted octanol–water partition coefficient (Wildman–Crippen LogP) is 0.489. The SMILES string of the molecule is CCC1C(=O)NCCN1C(=O)CCC(C)CCN. The summed E-state index contributed by atoms with van der Waals surface area (Å²) in [6, 6.07) is -0.281. The number of nitrogens with two attached hydrogens (primary N) is 1. The third kappa shape index (κ3) is 3.98. The van der Waals surface area contributed by atoms with Gasteiger partial charge in [0, 0.05) is 19.5 Å². The van der Waals surface area contributed by atoms with Crippen molar-refractivity contribution in [1.82, 2.24) is 10.2 Å². The molecule has 1 rings (SSSR count). The molecule has 2 amide bonds. The van der Waals surface area contributed by atoms with Crippen molar-refractivity contribution in [3.8, 4) is 0 Å². The van der Waals surface area contributed by atoms with E-state index >= 15 is 0 Å². The lowest BCUT2D eigenvalue weighted by Gasteiger charge is -2.34. The van der Waals surface area contributed by atoms with Gasteiger partial charge in [-0.2, -0.15) is 0 Å². The van der Waals surface area contributed by atoms with Gasteiger partial charge in [0.2, 0.25) is 11.8 Å². The first kappa shape index (κ1) is 15.0. The van der Waals surface area contributed by atoms with E-state index in [-0.39, 0.29) is 17.9 Å². The Hall–Kier alpha value is -1.10. The van der Waals surface area contributed by atoms with Crippen molar-refractivity contribution >= 4 is 11.8 Å². The van der Waals surface area contributed by atoms with Crippen LogP contribution in [-0.2, 0) is 9.59 Å². The topological polar surface area (TPSA) is 75.4 Å². The van der Waals surface area contributed by atoms with Crippen LogP contribution >= 0.6 is 0 Å². The summed E-state index contributed by atoms with van der Waals surface area (Å²) in [4.78, 5) is 25.5. The Morgan fingerprint density at radius 2 is 2.28 bits per heavy atom. The van der Waals surface area contributed by atoms with Crippen LogP contribution in [0.2, 0.25) is 0 Å². The van der Waals surface area contributed by atoms with Crippen molar-refractivity contribution < 1.29 is 9.59 Å². The standard InChI is InChI=1S/C13H25N3O2/c1-3-11-13(18)15-8-9-16(11)12(17)5-4-10(2)6-7-14/h10-11H,3-9,14H2,1-2H3,(H,15,18). The van der Waals surface area contributed by atoms with Gasteiger partial charge in [-0.15, -0.1) is 0 Å². The van der Waals surface area contributed by atoms with Crippen LogP contribution in [0.15, 0.2) is 0 Å². The number of hydrogen-bond acceptors (Lipinski definition) is 3. The largest absolute Gasteiger partial charge is 0.353 e. The van der Waals surface area contributed by atoms with Crippen LogP contribution in [-0.4, -0.2) is 42.4 Å². The molecule has 18 heavy (non-hydrogen) atoms. The first-order valence-electron chi connectivity index (χ1n) is 6.87. The molecule has 2 atom stereocenters. The van der Waals surface area contributed by atoms with E-state index in [4.69, 9.17) is 5.73 Å². The second kappa shape index (κ2) is 7.36. The molecule has 1 heterocycles. The number of hydrogen-bond donors (Lipinski definition) is 2. The molecule has 1 aliphatic heterocycles. The van der Waals surface area contributed by atoms with Crippen molar-refractivity contribution in [1.29, 1.82) is 0 Å². The van der Waals surface area contributed by atoms with Gasteiger partial charge < -0.3 is 16.0 Å². The zero-order chi connectivity index (χ0) is 13.5. The Morgan fingerprint density at radius 3 is 2.89 bits per heavy atom. The highest BCUT2D eigenvalue weighted by atomic mass is 16.2. The van der Waals surface area contributed by atoms with Gasteiger partial charge in [0.1, 0.15) is 6.04 Å². The summed E-state index contributed by atoms with van der Waals surface area (Å²) < 4.78 is 0. The molecule has 0 bridgehead atoms. The summed E-state index contributed by atoms with van der Waals surface area (Å²) in [5.74, 6) is 0.547. The lowest BCUT2D eigenvalue weighted by molar-refractivity contribution is -0.143. The number of rotatable bonds is 6. The normalized spacial score (nSPS) is 21.6. The number of nitrogens with one attached hydrogen (secondary N) is 1. The summed E-state index contributed by atoms with van der Waals surface area (Å²) >= 11 is 0. The average molecular weight is 255 g/mol. The van der Waals surface area contributed by atoms with Crippen molar-refractivity contribution in [3.05, 3.63) is 0 Å². The smallest absolute Gasteiger partial charge is 0.242 e. The van der Waals surface area contributed by atoms with Crippen LogP contribution < -0.4 is 11.1 Å². The molecule has 1 saturated heterocycles. The summed E-state index contributed by atoms with van der Waals surface area (Å²) in [5.41, 5.74) is 5.49. The monoisotopic (exact) mass is 255 g/mol. The molecule has 5 heteroatoms. The molecule has 0 spiro atoms. The minimum Gasteiger partial charge on any atom is -0.353 e. The van der Waals surface area contributed by atoms with E-state index in [0.29, 0.717) is 38.4 Å². The molecular formula is C13H25N3O2. The van der Waals surface area contributed by atoms with Crippen LogP contribution in [0, 0.1) is 5.92 Å². The zero-order valence-electron chi connectivity index (χ0n) is 11.4. The maximum Gasteiger partial charge on any atom is 0.242 e. The second-order valence-corrected chi connectivity index (χ2v) is 5.02. The quantitative estimate of drug-likeness (QED) is 0.725. The van der Waals surface area contributed by atoms with E-state index < -0.39 is 0 Å². The Labute approximate surface area is 109 Å². The highest BCUT2D eigenvalue weighted by molar-refractivity contribution is 5.88. The fourth-order valence-electron chi connectivity index (χ4n) is 2.36. The zero-order valence-corrected chi connectivity index (χ0v) is 11.4. The van der Waals surface area contributed by atoms with Gasteiger partial charge in [-0.1, -0.05) is 13.8 Å². The van der Waals surface area contributed by atoms with Gasteiger partial charge in [0.25, 0.3) is 0 Å². The van der Waals surface area contributed by atoms with Crippen molar-refractivity contribution in [2.75, 3.05) is 19.6 Å². The lowest BCUT2D eigenvalue weighted by Crippen LogP contribution is -2.56. The number of amides is 2. The van der Waals surface area contributed by atoms with Gasteiger partial charge >= 0.3 is 0 Å². The van der Waals surface area contributed by atoms with E-state index in [1.165, 1.54) is 0 Å². The molecule has 0 aromatic heterocycles. The maximum absolute atomic E-state index is 12.1. The molecule has 1 aliphatic rings. The molecule has 2 unspecified atom stereocenters. The molecule has 104 valence electrons. The minimum atomic E-state index is -0.281. The summed E-state index contributed by atoms with van der Waals surface area (Å²) in [6.07, 6.45) is 3.00. The van der Waals surface area contributed by atoms with Crippen LogP contribution in [0.4, 0.5) is 0 Å². The third-order valence-electron chi connectivity index (χ3n) is 3.55. The summed E-state index contributed by atoms with van der Waals surface area (Å²) in [5, 5.41) is 2.80. The molecule has 0 aliphatic carbocycles. The van der Waals surface area contributed by atoms with E-state index in [2.05, 4.69) is 12.2 Å². The average Bonchev–Trinajstić information content (AvgIpc) is 2.36. The number of piperazine rings is 1. The Bertz CT molecular complexity index is 294. The Morgan fingerprint density at radius 1 is 1.56 bits per heavy atom. The number of nitrogens with zero attached hydrogens (tertiary/aromatic N) is 1. The molecule has 0 radical (unpaired) electrons. The molecule has 3 N–H and O–H groups in total.